The van der Waals surface area contributed by atoms with Crippen LogP contribution in [-0.4, -0.2) is 10.7 Å². The fourth-order valence-corrected chi connectivity index (χ4v) is 3.09. The van der Waals surface area contributed by atoms with Crippen molar-refractivity contribution in [3.63, 3.8) is 0 Å². The number of hydrogen-bond donors (Lipinski definition) is 0. The number of rotatable bonds is 6. The summed E-state index contributed by atoms with van der Waals surface area (Å²) in [6, 6.07) is 8.62. The Morgan fingerprint density at radius 1 is 1.25 bits per heavy atom. The van der Waals surface area contributed by atoms with Gasteiger partial charge in [-0.2, -0.15) is 0 Å². The number of imidazole rings is 1. The molecule has 1 aliphatic carbocycles. The number of benzene rings is 1. The van der Waals surface area contributed by atoms with Crippen molar-refractivity contribution < 1.29 is 9.30 Å². The normalized spacial score (nSPS) is 16.2. The van der Waals surface area contributed by atoms with Crippen LogP contribution in [0.1, 0.15) is 45.4 Å². The zero-order chi connectivity index (χ0) is 13.8. The average molecular weight is 273 g/mol. The number of aryl methyl sites for hydroxylation is 1. The molecule has 1 fully saturated rings. The number of para-hydroxylation sites is 2. The highest BCUT2D eigenvalue weighted by molar-refractivity contribution is 5.71. The molecule has 1 heterocycles. The van der Waals surface area contributed by atoms with Gasteiger partial charge in [0.05, 0.1) is 12.6 Å². The number of aromatic nitrogens is 2. The second-order valence-corrected chi connectivity index (χ2v) is 5.82. The zero-order valence-electron chi connectivity index (χ0n) is 12.4. The predicted octanol–water partition coefficient (Wildman–Crippen LogP) is 3.65. The first kappa shape index (κ1) is 13.6. The van der Waals surface area contributed by atoms with Crippen molar-refractivity contribution in [2.45, 2.75) is 64.8 Å². The Morgan fingerprint density at radius 3 is 2.85 bits per heavy atom. The van der Waals surface area contributed by atoms with Crippen molar-refractivity contribution in [3.8, 4) is 0 Å². The summed E-state index contributed by atoms with van der Waals surface area (Å²) in [4.78, 5) is 0. The Hall–Kier alpha value is -1.35. The predicted molar refractivity (Wildman–Crippen MR) is 80.4 cm³/mol. The Kier molecular flexibility index (Phi) is 4.36. The second-order valence-electron chi connectivity index (χ2n) is 5.82. The van der Waals surface area contributed by atoms with Crippen molar-refractivity contribution in [1.29, 1.82) is 0 Å². The van der Waals surface area contributed by atoms with Gasteiger partial charge in [-0.3, -0.25) is 0 Å². The minimum atomic E-state index is 0.472. The van der Waals surface area contributed by atoms with E-state index in [9.17, 15) is 0 Å². The van der Waals surface area contributed by atoms with Crippen LogP contribution >= 0.6 is 0 Å². The molecule has 3 rings (SSSR count). The highest BCUT2D eigenvalue weighted by Gasteiger charge is 2.19. The van der Waals surface area contributed by atoms with Crippen molar-refractivity contribution in [2.24, 2.45) is 0 Å². The maximum atomic E-state index is 6.06. The van der Waals surface area contributed by atoms with Gasteiger partial charge >= 0.3 is 0 Å². The molecule has 3 heteroatoms. The monoisotopic (exact) mass is 273 g/mol. The highest BCUT2D eigenvalue weighted by Crippen LogP contribution is 2.21. The topological polar surface area (TPSA) is 18.0 Å². The summed E-state index contributed by atoms with van der Waals surface area (Å²) in [7, 11) is 0. The molecular weight excluding hydrogens is 248 g/mol. The highest BCUT2D eigenvalue weighted by atomic mass is 16.5. The Labute approximate surface area is 121 Å². The number of nitrogens with zero attached hydrogens (tertiary/aromatic N) is 2. The van der Waals surface area contributed by atoms with Gasteiger partial charge in [0, 0.05) is 0 Å². The molecule has 0 spiro atoms. The van der Waals surface area contributed by atoms with E-state index in [1.807, 2.05) is 0 Å². The largest absolute Gasteiger partial charge is 0.338 e. The molecule has 0 amide bonds. The van der Waals surface area contributed by atoms with E-state index in [2.05, 4.69) is 46.7 Å². The molecule has 0 atom stereocenters. The summed E-state index contributed by atoms with van der Waals surface area (Å²) in [6.45, 7) is 4.01. The van der Waals surface area contributed by atoms with E-state index in [-0.39, 0.29) is 0 Å². The first-order valence-electron chi connectivity index (χ1n) is 7.97. The van der Waals surface area contributed by atoms with Gasteiger partial charge in [-0.15, -0.1) is 0 Å². The van der Waals surface area contributed by atoms with Gasteiger partial charge in [-0.25, -0.2) is 9.13 Å². The molecule has 1 aromatic carbocycles. The van der Waals surface area contributed by atoms with Gasteiger partial charge in [0.2, 0.25) is 6.33 Å². The summed E-state index contributed by atoms with van der Waals surface area (Å²) in [6.07, 6.45) is 10.3. The fourth-order valence-electron chi connectivity index (χ4n) is 3.09. The zero-order valence-corrected chi connectivity index (χ0v) is 12.4. The number of unbranched alkanes of at least 4 members (excludes halogenated alkanes) is 1. The summed E-state index contributed by atoms with van der Waals surface area (Å²) < 4.78 is 10.7. The number of ether oxygens (including phenoxy) is 1. The molecule has 0 radical (unpaired) electrons. The summed E-state index contributed by atoms with van der Waals surface area (Å²) in [5.41, 5.74) is 2.59. The standard InChI is InChI=1S/C17H25N2O/c1-2-3-12-18-13-19(14-20-15-8-4-5-9-15)17-11-7-6-10-16(17)18/h6-7,10-11,13,15H,2-5,8-9,12,14H2,1H3/q+1. The van der Waals surface area contributed by atoms with E-state index in [1.54, 1.807) is 0 Å². The molecule has 3 nitrogen and oxygen atoms in total. The lowest BCUT2D eigenvalue weighted by Crippen LogP contribution is -2.35. The van der Waals surface area contributed by atoms with E-state index < -0.39 is 0 Å². The molecule has 2 aromatic rings. The van der Waals surface area contributed by atoms with Gasteiger partial charge < -0.3 is 4.74 Å². The molecule has 108 valence electrons. The molecule has 0 unspecified atom stereocenters. The molecule has 1 aromatic heterocycles. The van der Waals surface area contributed by atoms with Gasteiger partial charge in [0.15, 0.2) is 17.8 Å². The first-order valence-corrected chi connectivity index (χ1v) is 7.97. The van der Waals surface area contributed by atoms with Gasteiger partial charge in [0.1, 0.15) is 0 Å². The smallest absolute Gasteiger partial charge is 0.246 e. The lowest BCUT2D eigenvalue weighted by molar-refractivity contribution is -0.712. The van der Waals surface area contributed by atoms with E-state index in [4.69, 9.17) is 4.74 Å². The van der Waals surface area contributed by atoms with Crippen LogP contribution in [0.4, 0.5) is 0 Å². The summed E-state index contributed by atoms with van der Waals surface area (Å²) in [5, 5.41) is 0. The van der Waals surface area contributed by atoms with Crippen molar-refractivity contribution in [2.75, 3.05) is 0 Å². The van der Waals surface area contributed by atoms with Crippen molar-refractivity contribution >= 4 is 11.0 Å². The van der Waals surface area contributed by atoms with Gasteiger partial charge in [-0.1, -0.05) is 38.3 Å². The molecule has 0 bridgehead atoms. The molecule has 20 heavy (non-hydrogen) atoms. The third kappa shape index (κ3) is 2.88. The third-order valence-electron chi connectivity index (χ3n) is 4.28. The molecule has 0 aliphatic heterocycles. The van der Waals surface area contributed by atoms with E-state index in [1.165, 1.54) is 49.6 Å². The van der Waals surface area contributed by atoms with Crippen LogP contribution in [0.2, 0.25) is 0 Å². The maximum Gasteiger partial charge on any atom is 0.246 e. The van der Waals surface area contributed by atoms with Crippen LogP contribution in [0.3, 0.4) is 0 Å². The number of hydrogen-bond acceptors (Lipinski definition) is 1. The van der Waals surface area contributed by atoms with Gasteiger partial charge in [-0.05, 0) is 31.4 Å². The van der Waals surface area contributed by atoms with Crippen molar-refractivity contribution in [1.82, 2.24) is 4.57 Å². The SMILES string of the molecule is CCCCn1c[n+](COC2CCCC2)c2ccccc21. The Balaban J connectivity index is 1.78. The Bertz CT molecular complexity index is 555. The molecular formula is C17H25N2O+. The molecule has 1 saturated carbocycles. The van der Waals surface area contributed by atoms with Crippen molar-refractivity contribution in [3.05, 3.63) is 30.6 Å². The van der Waals surface area contributed by atoms with Crippen LogP contribution in [0, 0.1) is 0 Å². The van der Waals surface area contributed by atoms with E-state index >= 15 is 0 Å². The molecule has 1 aliphatic rings. The van der Waals surface area contributed by atoms with E-state index in [0.717, 1.165) is 6.54 Å². The molecule has 0 saturated heterocycles. The van der Waals surface area contributed by atoms with Crippen LogP contribution < -0.4 is 4.57 Å². The lowest BCUT2D eigenvalue weighted by atomic mass is 10.3. The average Bonchev–Trinajstić information content (AvgIpc) is 3.11. The van der Waals surface area contributed by atoms with Crippen LogP contribution in [0.5, 0.6) is 0 Å². The van der Waals surface area contributed by atoms with Crippen LogP contribution in [0.15, 0.2) is 30.6 Å². The third-order valence-corrected chi connectivity index (χ3v) is 4.28. The summed E-state index contributed by atoms with van der Waals surface area (Å²) in [5.74, 6) is 0. The van der Waals surface area contributed by atoms with Crippen LogP contribution in [-0.2, 0) is 18.0 Å². The number of fused-ring (bicyclic) bond motifs is 1. The van der Waals surface area contributed by atoms with Crippen LogP contribution in [0.25, 0.3) is 11.0 Å². The lowest BCUT2D eigenvalue weighted by Gasteiger charge is -2.08. The maximum absolute atomic E-state index is 6.06. The minimum absolute atomic E-state index is 0.472. The summed E-state index contributed by atoms with van der Waals surface area (Å²) >= 11 is 0. The fraction of sp³-hybridized carbons (Fsp3) is 0.588. The minimum Gasteiger partial charge on any atom is -0.338 e. The Morgan fingerprint density at radius 2 is 2.05 bits per heavy atom. The van der Waals surface area contributed by atoms with E-state index in [0.29, 0.717) is 12.8 Å². The quantitative estimate of drug-likeness (QED) is 0.735. The molecule has 0 N–H and O–H groups in total. The first-order chi connectivity index (χ1) is 9.88. The second kappa shape index (κ2) is 6.40. The van der Waals surface area contributed by atoms with Gasteiger partial charge in [0.25, 0.3) is 0 Å².